The Balaban J connectivity index is 1.87. The molecule has 3 aromatic rings. The van der Waals surface area contributed by atoms with E-state index >= 15 is 0 Å². The maximum Gasteiger partial charge on any atom is 0.131 e. The fraction of sp³-hybridized carbons (Fsp3) is 0.267. The number of fused-ring (bicyclic) bond motifs is 1. The van der Waals surface area contributed by atoms with Crippen molar-refractivity contribution in [3.8, 4) is 0 Å². The Morgan fingerprint density at radius 1 is 1.36 bits per heavy atom. The third kappa shape index (κ3) is 3.59. The van der Waals surface area contributed by atoms with Crippen molar-refractivity contribution in [1.29, 1.82) is 0 Å². The number of hydrogen-bond acceptors (Lipinski definition) is 6. The summed E-state index contributed by atoms with van der Waals surface area (Å²) in [5.74, 6) is 0. The quantitative estimate of drug-likeness (QED) is 0.593. The zero-order valence-corrected chi connectivity index (χ0v) is 14.1. The number of thiophene rings is 2. The molecule has 3 aromatic heterocycles. The highest BCUT2D eigenvalue weighted by Crippen LogP contribution is 2.33. The van der Waals surface area contributed by atoms with Crippen LogP contribution in [0.2, 0.25) is 5.15 Å². The molecule has 0 saturated carbocycles. The summed E-state index contributed by atoms with van der Waals surface area (Å²) in [6.45, 7) is 0.739. The van der Waals surface area contributed by atoms with Crippen molar-refractivity contribution in [2.45, 2.75) is 19.0 Å². The molecule has 3 rings (SSSR count). The van der Waals surface area contributed by atoms with Crippen molar-refractivity contribution in [3.63, 3.8) is 0 Å². The predicted molar refractivity (Wildman–Crippen MR) is 95.0 cm³/mol. The highest BCUT2D eigenvalue weighted by molar-refractivity contribution is 7.19. The predicted octanol–water partition coefficient (Wildman–Crippen LogP) is 3.49. The summed E-state index contributed by atoms with van der Waals surface area (Å²) in [6.07, 6.45) is 0.638. The minimum atomic E-state index is -0.244. The fourth-order valence-electron chi connectivity index (χ4n) is 2.19. The minimum Gasteiger partial charge on any atom is -0.395 e. The van der Waals surface area contributed by atoms with Gasteiger partial charge in [-0.25, -0.2) is 4.98 Å². The van der Waals surface area contributed by atoms with Crippen molar-refractivity contribution in [3.05, 3.63) is 44.6 Å². The van der Waals surface area contributed by atoms with Crippen molar-refractivity contribution in [1.82, 2.24) is 4.98 Å². The van der Waals surface area contributed by atoms with Gasteiger partial charge in [0, 0.05) is 28.4 Å². The number of nitrogens with two attached hydrogens (primary N) is 1. The average Bonchev–Trinajstić information content (AvgIpc) is 3.13. The van der Waals surface area contributed by atoms with E-state index in [1.807, 2.05) is 18.2 Å². The van der Waals surface area contributed by atoms with Gasteiger partial charge in [0.25, 0.3) is 0 Å². The van der Waals surface area contributed by atoms with Crippen LogP contribution in [0.3, 0.4) is 0 Å². The molecule has 22 heavy (non-hydrogen) atoms. The van der Waals surface area contributed by atoms with Gasteiger partial charge in [0.2, 0.25) is 0 Å². The lowest BCUT2D eigenvalue weighted by molar-refractivity contribution is 0.266. The van der Waals surface area contributed by atoms with Crippen molar-refractivity contribution < 1.29 is 5.11 Å². The first-order valence-electron chi connectivity index (χ1n) is 6.87. The van der Waals surface area contributed by atoms with Gasteiger partial charge < -0.3 is 16.2 Å². The molecule has 0 amide bonds. The first kappa shape index (κ1) is 15.7. The molecule has 0 unspecified atom stereocenters. The maximum atomic E-state index is 9.09. The molecule has 116 valence electrons. The van der Waals surface area contributed by atoms with Crippen LogP contribution in [0.15, 0.2) is 29.6 Å². The second kappa shape index (κ2) is 6.93. The van der Waals surface area contributed by atoms with Gasteiger partial charge in [-0.3, -0.25) is 0 Å². The molecule has 3 heterocycles. The van der Waals surface area contributed by atoms with E-state index in [-0.39, 0.29) is 12.6 Å². The van der Waals surface area contributed by atoms with Gasteiger partial charge in [0.05, 0.1) is 22.5 Å². The molecular weight excluding hydrogens is 338 g/mol. The SMILES string of the molecule is N[C@@H](CO)Cc1cc2nc(Cl)cc(NCc3cccs3)c2s1. The van der Waals surface area contributed by atoms with Crippen LogP contribution in [-0.2, 0) is 13.0 Å². The molecule has 0 saturated heterocycles. The molecule has 4 N–H and O–H groups in total. The molecule has 0 aliphatic rings. The highest BCUT2D eigenvalue weighted by Gasteiger charge is 2.12. The molecule has 0 aromatic carbocycles. The van der Waals surface area contributed by atoms with Crippen molar-refractivity contribution in [2.24, 2.45) is 5.73 Å². The minimum absolute atomic E-state index is 0.0219. The summed E-state index contributed by atoms with van der Waals surface area (Å²) in [5.41, 5.74) is 7.66. The summed E-state index contributed by atoms with van der Waals surface area (Å²) >= 11 is 9.48. The second-order valence-corrected chi connectivity index (χ2v) is 7.56. The number of halogens is 1. The van der Waals surface area contributed by atoms with Crippen LogP contribution in [0, 0.1) is 0 Å². The number of hydrogen-bond donors (Lipinski definition) is 3. The smallest absolute Gasteiger partial charge is 0.131 e. The molecule has 0 aliphatic heterocycles. The number of nitrogens with zero attached hydrogens (tertiary/aromatic N) is 1. The Hall–Kier alpha value is -1.18. The van der Waals surface area contributed by atoms with Crippen LogP contribution in [0.5, 0.6) is 0 Å². The number of aliphatic hydroxyl groups is 1. The fourth-order valence-corrected chi connectivity index (χ4v) is 4.21. The van der Waals surface area contributed by atoms with E-state index in [0.29, 0.717) is 11.6 Å². The lowest BCUT2D eigenvalue weighted by Gasteiger charge is -2.06. The summed E-state index contributed by atoms with van der Waals surface area (Å²) in [4.78, 5) is 6.74. The highest BCUT2D eigenvalue weighted by atomic mass is 35.5. The molecule has 1 atom stereocenters. The Labute approximate surface area is 141 Å². The van der Waals surface area contributed by atoms with E-state index in [4.69, 9.17) is 22.4 Å². The van der Waals surface area contributed by atoms with Crippen LogP contribution in [-0.4, -0.2) is 22.7 Å². The zero-order chi connectivity index (χ0) is 15.5. The lowest BCUT2D eigenvalue weighted by atomic mass is 10.2. The van der Waals surface area contributed by atoms with Gasteiger partial charge in [-0.15, -0.1) is 22.7 Å². The van der Waals surface area contributed by atoms with Crippen molar-refractivity contribution >= 4 is 50.2 Å². The topological polar surface area (TPSA) is 71.2 Å². The van der Waals surface area contributed by atoms with E-state index in [0.717, 1.165) is 27.3 Å². The summed E-state index contributed by atoms with van der Waals surface area (Å²) in [7, 11) is 0. The normalized spacial score (nSPS) is 12.7. The van der Waals surface area contributed by atoms with Gasteiger partial charge in [0.15, 0.2) is 0 Å². The Morgan fingerprint density at radius 3 is 2.95 bits per heavy atom. The Kier molecular flexibility index (Phi) is 4.95. The summed E-state index contributed by atoms with van der Waals surface area (Å²) in [6, 6.07) is 7.74. The largest absolute Gasteiger partial charge is 0.395 e. The summed E-state index contributed by atoms with van der Waals surface area (Å²) < 4.78 is 1.07. The molecular formula is C15H16ClN3OS2. The zero-order valence-electron chi connectivity index (χ0n) is 11.8. The Bertz CT molecular complexity index is 758. The number of aliphatic hydroxyl groups excluding tert-OH is 1. The monoisotopic (exact) mass is 353 g/mol. The first-order chi connectivity index (χ1) is 10.7. The molecule has 4 nitrogen and oxygen atoms in total. The van der Waals surface area contributed by atoms with Gasteiger partial charge in [0.1, 0.15) is 5.15 Å². The number of rotatable bonds is 6. The summed E-state index contributed by atoms with van der Waals surface area (Å²) in [5, 5.41) is 15.0. The van der Waals surface area contributed by atoms with E-state index in [2.05, 4.69) is 21.7 Å². The van der Waals surface area contributed by atoms with E-state index in [1.165, 1.54) is 4.88 Å². The maximum absolute atomic E-state index is 9.09. The number of aromatic nitrogens is 1. The number of nitrogens with one attached hydrogen (secondary N) is 1. The third-order valence-electron chi connectivity index (χ3n) is 3.23. The molecule has 0 fully saturated rings. The standard InChI is InChI=1S/C15H16ClN3OS2/c16-14-6-12(18-7-10-2-1-3-21-10)15-13(19-14)5-11(22-15)4-9(17)8-20/h1-3,5-6,9,20H,4,7-8,17H2,(H,18,19)/t9-/m1/s1. The van der Waals surface area contributed by atoms with Crippen LogP contribution in [0.1, 0.15) is 9.75 Å². The van der Waals surface area contributed by atoms with Crippen molar-refractivity contribution in [2.75, 3.05) is 11.9 Å². The lowest BCUT2D eigenvalue weighted by Crippen LogP contribution is -2.26. The van der Waals surface area contributed by atoms with Gasteiger partial charge in [-0.05, 0) is 23.9 Å². The van der Waals surface area contributed by atoms with Crippen LogP contribution >= 0.6 is 34.3 Å². The third-order valence-corrected chi connectivity index (χ3v) is 5.48. The molecule has 0 bridgehead atoms. The average molecular weight is 354 g/mol. The molecule has 0 spiro atoms. The van der Waals surface area contributed by atoms with Crippen LogP contribution in [0.25, 0.3) is 10.2 Å². The number of pyridine rings is 1. The second-order valence-electron chi connectivity index (χ2n) is 5.00. The van der Waals surface area contributed by atoms with E-state index in [9.17, 15) is 0 Å². The van der Waals surface area contributed by atoms with Gasteiger partial charge in [-0.1, -0.05) is 17.7 Å². The molecule has 0 aliphatic carbocycles. The van der Waals surface area contributed by atoms with Gasteiger partial charge in [-0.2, -0.15) is 0 Å². The first-order valence-corrected chi connectivity index (χ1v) is 8.95. The number of anilines is 1. The van der Waals surface area contributed by atoms with Crippen LogP contribution < -0.4 is 11.1 Å². The Morgan fingerprint density at radius 2 is 2.23 bits per heavy atom. The van der Waals surface area contributed by atoms with Gasteiger partial charge >= 0.3 is 0 Å². The van der Waals surface area contributed by atoms with Crippen LogP contribution in [0.4, 0.5) is 5.69 Å². The molecule has 0 radical (unpaired) electrons. The molecule has 7 heteroatoms. The van der Waals surface area contributed by atoms with E-state index < -0.39 is 0 Å². The van der Waals surface area contributed by atoms with E-state index in [1.54, 1.807) is 22.7 Å².